The number of nitrogens with one attached hydrogen (secondary N) is 1. The predicted molar refractivity (Wildman–Crippen MR) is 70.7 cm³/mol. The summed E-state index contributed by atoms with van der Waals surface area (Å²) < 4.78 is 20.4. The molecule has 0 heterocycles. The van der Waals surface area contributed by atoms with Gasteiger partial charge in [0.25, 0.3) is 0 Å². The van der Waals surface area contributed by atoms with Crippen LogP contribution in [0.25, 0.3) is 10.8 Å². The zero-order chi connectivity index (χ0) is 13.1. The highest BCUT2D eigenvalue weighted by molar-refractivity contribution is 7.79. The SMILES string of the molecule is NC(=O)CNc1cccc2c(S(=O)O)cccc12. The van der Waals surface area contributed by atoms with E-state index < -0.39 is 17.0 Å². The molecule has 18 heavy (non-hydrogen) atoms. The van der Waals surface area contributed by atoms with Crippen molar-refractivity contribution in [3.8, 4) is 0 Å². The lowest BCUT2D eigenvalue weighted by Crippen LogP contribution is -2.21. The van der Waals surface area contributed by atoms with E-state index >= 15 is 0 Å². The Kier molecular flexibility index (Phi) is 3.59. The predicted octanol–water partition coefficient (Wildman–Crippen LogP) is 1.32. The van der Waals surface area contributed by atoms with Crippen LogP contribution in [-0.4, -0.2) is 21.2 Å². The van der Waals surface area contributed by atoms with Crippen molar-refractivity contribution in [1.29, 1.82) is 0 Å². The Morgan fingerprint density at radius 1 is 1.22 bits per heavy atom. The summed E-state index contributed by atoms with van der Waals surface area (Å²) in [6.07, 6.45) is 0. The van der Waals surface area contributed by atoms with Gasteiger partial charge < -0.3 is 15.6 Å². The molecule has 2 rings (SSSR count). The quantitative estimate of drug-likeness (QED) is 0.726. The van der Waals surface area contributed by atoms with Crippen molar-refractivity contribution in [3.05, 3.63) is 36.4 Å². The van der Waals surface area contributed by atoms with E-state index in [0.29, 0.717) is 16.0 Å². The molecule has 0 radical (unpaired) electrons. The van der Waals surface area contributed by atoms with Gasteiger partial charge in [0.15, 0.2) is 11.1 Å². The van der Waals surface area contributed by atoms with Crippen LogP contribution in [0.3, 0.4) is 0 Å². The van der Waals surface area contributed by atoms with E-state index in [4.69, 9.17) is 5.73 Å². The average Bonchev–Trinajstić information content (AvgIpc) is 2.35. The number of nitrogens with two attached hydrogens (primary N) is 1. The van der Waals surface area contributed by atoms with Gasteiger partial charge >= 0.3 is 0 Å². The number of hydrogen-bond donors (Lipinski definition) is 3. The molecule has 0 saturated heterocycles. The molecule has 94 valence electrons. The van der Waals surface area contributed by atoms with Crippen LogP contribution in [0.2, 0.25) is 0 Å². The van der Waals surface area contributed by atoms with Gasteiger partial charge in [0.05, 0.1) is 11.4 Å². The second-order valence-corrected chi connectivity index (χ2v) is 4.66. The van der Waals surface area contributed by atoms with Gasteiger partial charge in [-0.25, -0.2) is 4.21 Å². The topological polar surface area (TPSA) is 92.4 Å². The maximum atomic E-state index is 11.2. The normalized spacial score (nSPS) is 12.3. The molecule has 0 aliphatic heterocycles. The molecule has 2 aromatic carbocycles. The van der Waals surface area contributed by atoms with E-state index in [0.717, 1.165) is 5.39 Å². The summed E-state index contributed by atoms with van der Waals surface area (Å²) in [5.41, 5.74) is 5.78. The monoisotopic (exact) mass is 264 g/mol. The molecule has 0 aliphatic carbocycles. The zero-order valence-corrected chi connectivity index (χ0v) is 10.2. The number of rotatable bonds is 4. The molecule has 0 spiro atoms. The van der Waals surface area contributed by atoms with Crippen molar-refractivity contribution in [2.45, 2.75) is 4.90 Å². The number of anilines is 1. The van der Waals surface area contributed by atoms with E-state index in [2.05, 4.69) is 5.32 Å². The van der Waals surface area contributed by atoms with Gasteiger partial charge in [0.2, 0.25) is 5.91 Å². The Morgan fingerprint density at radius 3 is 2.56 bits per heavy atom. The molecule has 4 N–H and O–H groups in total. The second kappa shape index (κ2) is 5.16. The zero-order valence-electron chi connectivity index (χ0n) is 9.42. The van der Waals surface area contributed by atoms with Gasteiger partial charge in [-0.2, -0.15) is 0 Å². The molecule has 2 aromatic rings. The molecule has 0 aliphatic rings. The van der Waals surface area contributed by atoms with Gasteiger partial charge in [0, 0.05) is 16.5 Å². The van der Waals surface area contributed by atoms with Crippen molar-refractivity contribution in [2.24, 2.45) is 5.73 Å². The summed E-state index contributed by atoms with van der Waals surface area (Å²) in [5, 5.41) is 4.35. The molecule has 6 heteroatoms. The van der Waals surface area contributed by atoms with Crippen molar-refractivity contribution in [1.82, 2.24) is 0 Å². The number of carbonyl (C=O) groups is 1. The summed E-state index contributed by atoms with van der Waals surface area (Å²) in [4.78, 5) is 11.1. The van der Waals surface area contributed by atoms with Gasteiger partial charge in [-0.05, 0) is 12.1 Å². The Hall–Kier alpha value is -1.92. The fourth-order valence-electron chi connectivity index (χ4n) is 1.77. The summed E-state index contributed by atoms with van der Waals surface area (Å²) in [6, 6.07) is 10.4. The molecule has 5 nitrogen and oxygen atoms in total. The Labute approximate surface area is 106 Å². The smallest absolute Gasteiger partial charge is 0.236 e. The van der Waals surface area contributed by atoms with Crippen LogP contribution >= 0.6 is 0 Å². The third-order valence-corrected chi connectivity index (χ3v) is 3.26. The lowest BCUT2D eigenvalue weighted by molar-refractivity contribution is -0.116. The average molecular weight is 264 g/mol. The van der Waals surface area contributed by atoms with Crippen LogP contribution in [0.1, 0.15) is 0 Å². The van der Waals surface area contributed by atoms with E-state index in [9.17, 15) is 13.6 Å². The van der Waals surface area contributed by atoms with E-state index in [-0.39, 0.29) is 6.54 Å². The number of fused-ring (bicyclic) bond motifs is 1. The molecule has 1 atom stereocenters. The van der Waals surface area contributed by atoms with Gasteiger partial charge in [0.1, 0.15) is 0 Å². The second-order valence-electron chi connectivity index (χ2n) is 3.73. The minimum atomic E-state index is -2.04. The molecule has 1 amide bonds. The van der Waals surface area contributed by atoms with Crippen LogP contribution < -0.4 is 11.1 Å². The number of carbonyl (C=O) groups excluding carboxylic acids is 1. The highest BCUT2D eigenvalue weighted by Gasteiger charge is 2.08. The summed E-state index contributed by atoms with van der Waals surface area (Å²) >= 11 is -2.04. The van der Waals surface area contributed by atoms with Crippen LogP contribution in [0, 0.1) is 0 Å². The van der Waals surface area contributed by atoms with Crippen molar-refractivity contribution < 1.29 is 13.6 Å². The number of hydrogen-bond acceptors (Lipinski definition) is 3. The highest BCUT2D eigenvalue weighted by Crippen LogP contribution is 2.27. The fraction of sp³-hybridized carbons (Fsp3) is 0.0833. The molecule has 0 saturated carbocycles. The lowest BCUT2D eigenvalue weighted by Gasteiger charge is -2.09. The molecule has 1 unspecified atom stereocenters. The van der Waals surface area contributed by atoms with E-state index in [1.54, 1.807) is 30.3 Å². The first-order valence-corrected chi connectivity index (χ1v) is 6.35. The van der Waals surface area contributed by atoms with Gasteiger partial charge in [-0.1, -0.05) is 24.3 Å². The van der Waals surface area contributed by atoms with Crippen LogP contribution in [0.15, 0.2) is 41.3 Å². The highest BCUT2D eigenvalue weighted by atomic mass is 32.2. The minimum Gasteiger partial charge on any atom is -0.376 e. The standard InChI is InChI=1S/C12H12N2O3S/c13-12(15)7-14-10-5-1-4-9-8(10)3-2-6-11(9)18(16)17/h1-6,14H,7H2,(H2,13,15)(H,16,17). The lowest BCUT2D eigenvalue weighted by atomic mass is 10.1. The minimum absolute atomic E-state index is 0.0194. The van der Waals surface area contributed by atoms with Gasteiger partial charge in [-0.3, -0.25) is 4.79 Å². The van der Waals surface area contributed by atoms with Crippen LogP contribution in [0.4, 0.5) is 5.69 Å². The number of benzene rings is 2. The maximum Gasteiger partial charge on any atom is 0.236 e. The molecule has 0 bridgehead atoms. The summed E-state index contributed by atoms with van der Waals surface area (Å²) in [7, 11) is 0. The Bertz CT molecular complexity index is 628. The van der Waals surface area contributed by atoms with E-state index in [1.807, 2.05) is 6.07 Å². The maximum absolute atomic E-state index is 11.2. The van der Waals surface area contributed by atoms with Crippen LogP contribution in [0.5, 0.6) is 0 Å². The van der Waals surface area contributed by atoms with Gasteiger partial charge in [-0.15, -0.1) is 0 Å². The van der Waals surface area contributed by atoms with Crippen LogP contribution in [-0.2, 0) is 15.9 Å². The molecule has 0 fully saturated rings. The third kappa shape index (κ3) is 2.49. The fourth-order valence-corrected chi connectivity index (χ4v) is 2.33. The van der Waals surface area contributed by atoms with Crippen molar-refractivity contribution in [2.75, 3.05) is 11.9 Å². The largest absolute Gasteiger partial charge is 0.376 e. The van der Waals surface area contributed by atoms with Crippen molar-refractivity contribution in [3.63, 3.8) is 0 Å². The molecule has 0 aromatic heterocycles. The first-order chi connectivity index (χ1) is 8.59. The molecular weight excluding hydrogens is 252 g/mol. The Balaban J connectivity index is 2.53. The number of amides is 1. The summed E-state index contributed by atoms with van der Waals surface area (Å²) in [6.45, 7) is 0.0194. The third-order valence-electron chi connectivity index (χ3n) is 2.52. The summed E-state index contributed by atoms with van der Waals surface area (Å²) in [5.74, 6) is -0.464. The first-order valence-electron chi connectivity index (χ1n) is 5.24. The Morgan fingerprint density at radius 2 is 1.89 bits per heavy atom. The van der Waals surface area contributed by atoms with E-state index in [1.165, 1.54) is 0 Å². The number of primary amides is 1. The first kappa shape index (κ1) is 12.5. The molecular formula is C12H12N2O3S. The van der Waals surface area contributed by atoms with Crippen molar-refractivity contribution >= 4 is 33.4 Å².